The third-order valence-electron chi connectivity index (χ3n) is 1.73. The highest BCUT2D eigenvalue weighted by atomic mass is 16.5. The fourth-order valence-corrected chi connectivity index (χ4v) is 0.975. The van der Waals surface area contributed by atoms with E-state index in [2.05, 4.69) is 11.3 Å². The molecule has 0 aliphatic heterocycles. The lowest BCUT2D eigenvalue weighted by molar-refractivity contribution is -0.134. The van der Waals surface area contributed by atoms with Gasteiger partial charge in [0.1, 0.15) is 0 Å². The second kappa shape index (κ2) is 9.04. The molecule has 0 amide bonds. The minimum Gasteiger partial charge on any atom is -0.466 e. The van der Waals surface area contributed by atoms with Gasteiger partial charge in [-0.3, -0.25) is 0 Å². The fourth-order valence-electron chi connectivity index (χ4n) is 0.975. The van der Waals surface area contributed by atoms with Gasteiger partial charge in [-0.1, -0.05) is 18.6 Å². The van der Waals surface area contributed by atoms with Crippen LogP contribution in [-0.4, -0.2) is 13.1 Å². The zero-order chi connectivity index (χ0) is 9.94. The third kappa shape index (κ3) is 8.86. The van der Waals surface area contributed by atoms with Crippen molar-refractivity contribution in [1.82, 2.24) is 0 Å². The summed E-state index contributed by atoms with van der Waals surface area (Å²) in [6.45, 7) is 3.65. The summed E-state index contributed by atoms with van der Waals surface area (Å²) in [5, 5.41) is 0. The van der Waals surface area contributed by atoms with Crippen molar-refractivity contribution in [1.29, 1.82) is 0 Å². The highest BCUT2D eigenvalue weighted by molar-refractivity contribution is 5.81. The minimum atomic E-state index is -0.272. The van der Waals surface area contributed by atoms with Crippen LogP contribution in [0.15, 0.2) is 24.8 Å². The third-order valence-corrected chi connectivity index (χ3v) is 1.73. The van der Waals surface area contributed by atoms with Gasteiger partial charge < -0.3 is 4.74 Å². The Labute approximate surface area is 80.3 Å². The Morgan fingerprint density at radius 3 is 2.62 bits per heavy atom. The van der Waals surface area contributed by atoms with Crippen LogP contribution in [-0.2, 0) is 9.53 Å². The Morgan fingerprint density at radius 2 is 2.00 bits per heavy atom. The number of esters is 1. The summed E-state index contributed by atoms with van der Waals surface area (Å²) in [5.74, 6) is -0.272. The molecule has 0 rings (SSSR count). The van der Waals surface area contributed by atoms with Gasteiger partial charge in [-0.15, -0.1) is 6.58 Å². The molecule has 13 heavy (non-hydrogen) atoms. The number of unbranched alkanes of at least 4 members (excludes halogenated alkanes) is 4. The minimum absolute atomic E-state index is 0.272. The van der Waals surface area contributed by atoms with Crippen molar-refractivity contribution in [2.24, 2.45) is 0 Å². The number of carbonyl (C=O) groups is 1. The Balaban J connectivity index is 3.19. The summed E-state index contributed by atoms with van der Waals surface area (Å²) in [6, 6.07) is 0. The fraction of sp³-hybridized carbons (Fsp3) is 0.545. The number of methoxy groups -OCH3 is 1. The molecule has 0 bridgehead atoms. The van der Waals surface area contributed by atoms with Crippen LogP contribution in [0.5, 0.6) is 0 Å². The standard InChI is InChI=1S/C11H18O2/c1-3-4-5-6-7-8-9-10-11(12)13-2/h3,9-10H,1,4-8H2,2H3/b10-9+. The zero-order valence-electron chi connectivity index (χ0n) is 8.29. The maximum Gasteiger partial charge on any atom is 0.330 e. The highest BCUT2D eigenvalue weighted by Gasteiger charge is 1.89. The van der Waals surface area contributed by atoms with Crippen LogP contribution in [0.1, 0.15) is 32.1 Å². The Bertz CT molecular complexity index is 171. The van der Waals surface area contributed by atoms with E-state index < -0.39 is 0 Å². The van der Waals surface area contributed by atoms with Gasteiger partial charge in [-0.25, -0.2) is 4.79 Å². The van der Waals surface area contributed by atoms with Gasteiger partial charge in [0, 0.05) is 6.08 Å². The van der Waals surface area contributed by atoms with Crippen LogP contribution in [0, 0.1) is 0 Å². The number of carbonyl (C=O) groups excluding carboxylic acids is 1. The maximum absolute atomic E-state index is 10.6. The Hall–Kier alpha value is -1.05. The van der Waals surface area contributed by atoms with Gasteiger partial charge in [-0.05, 0) is 25.7 Å². The second-order valence-corrected chi connectivity index (χ2v) is 2.85. The first kappa shape index (κ1) is 11.9. The molecule has 0 heterocycles. The summed E-state index contributed by atoms with van der Waals surface area (Å²) in [7, 11) is 1.39. The summed E-state index contributed by atoms with van der Waals surface area (Å²) < 4.78 is 4.46. The van der Waals surface area contributed by atoms with Crippen molar-refractivity contribution >= 4 is 5.97 Å². The van der Waals surface area contributed by atoms with E-state index >= 15 is 0 Å². The van der Waals surface area contributed by atoms with E-state index in [-0.39, 0.29) is 5.97 Å². The smallest absolute Gasteiger partial charge is 0.330 e. The average molecular weight is 182 g/mol. The average Bonchev–Trinajstić information content (AvgIpc) is 2.16. The summed E-state index contributed by atoms with van der Waals surface area (Å²) in [6.07, 6.45) is 10.8. The van der Waals surface area contributed by atoms with Crippen LogP contribution in [0.25, 0.3) is 0 Å². The normalized spacial score (nSPS) is 10.2. The van der Waals surface area contributed by atoms with Gasteiger partial charge in [0.15, 0.2) is 0 Å². The van der Waals surface area contributed by atoms with Crippen molar-refractivity contribution in [3.05, 3.63) is 24.8 Å². The molecule has 0 aliphatic carbocycles. The molecule has 0 radical (unpaired) electrons. The van der Waals surface area contributed by atoms with E-state index in [0.29, 0.717) is 0 Å². The van der Waals surface area contributed by atoms with Gasteiger partial charge in [0.05, 0.1) is 7.11 Å². The van der Waals surface area contributed by atoms with E-state index in [4.69, 9.17) is 0 Å². The van der Waals surface area contributed by atoms with Gasteiger partial charge in [0.2, 0.25) is 0 Å². The topological polar surface area (TPSA) is 26.3 Å². The van der Waals surface area contributed by atoms with Crippen molar-refractivity contribution < 1.29 is 9.53 Å². The van der Waals surface area contributed by atoms with Crippen LogP contribution >= 0.6 is 0 Å². The first-order valence-electron chi connectivity index (χ1n) is 4.66. The monoisotopic (exact) mass is 182 g/mol. The lowest BCUT2D eigenvalue weighted by Crippen LogP contribution is -1.93. The highest BCUT2D eigenvalue weighted by Crippen LogP contribution is 2.03. The quantitative estimate of drug-likeness (QED) is 0.262. The van der Waals surface area contributed by atoms with Gasteiger partial charge >= 0.3 is 5.97 Å². The van der Waals surface area contributed by atoms with Crippen LogP contribution in [0.2, 0.25) is 0 Å². The number of hydrogen-bond donors (Lipinski definition) is 0. The van der Waals surface area contributed by atoms with E-state index in [1.807, 2.05) is 12.2 Å². The number of ether oxygens (including phenoxy) is 1. The van der Waals surface area contributed by atoms with Crippen molar-refractivity contribution in [3.63, 3.8) is 0 Å². The molecule has 2 nitrogen and oxygen atoms in total. The predicted molar refractivity (Wildman–Crippen MR) is 54.4 cm³/mol. The molecule has 0 fully saturated rings. The molecule has 0 N–H and O–H groups in total. The lowest BCUT2D eigenvalue weighted by atomic mass is 10.1. The van der Waals surface area contributed by atoms with Crippen molar-refractivity contribution in [2.75, 3.05) is 7.11 Å². The lowest BCUT2D eigenvalue weighted by Gasteiger charge is -1.94. The molecule has 0 atom stereocenters. The largest absolute Gasteiger partial charge is 0.466 e. The first-order chi connectivity index (χ1) is 6.31. The zero-order valence-corrected chi connectivity index (χ0v) is 8.29. The SMILES string of the molecule is C=CCCCCC/C=C/C(=O)OC. The molecule has 0 aromatic rings. The molecule has 0 saturated carbocycles. The molecule has 0 saturated heterocycles. The van der Waals surface area contributed by atoms with Crippen LogP contribution in [0.3, 0.4) is 0 Å². The number of rotatable bonds is 7. The molecule has 0 unspecified atom stereocenters. The van der Waals surface area contributed by atoms with Gasteiger partial charge in [-0.2, -0.15) is 0 Å². The van der Waals surface area contributed by atoms with E-state index in [1.165, 1.54) is 26.0 Å². The van der Waals surface area contributed by atoms with Crippen molar-refractivity contribution in [2.45, 2.75) is 32.1 Å². The van der Waals surface area contributed by atoms with E-state index in [0.717, 1.165) is 19.3 Å². The van der Waals surface area contributed by atoms with Crippen molar-refractivity contribution in [3.8, 4) is 0 Å². The first-order valence-corrected chi connectivity index (χ1v) is 4.66. The molecular weight excluding hydrogens is 164 g/mol. The molecule has 2 heteroatoms. The molecule has 74 valence electrons. The van der Waals surface area contributed by atoms with E-state index in [1.54, 1.807) is 0 Å². The number of allylic oxidation sites excluding steroid dienone is 2. The Morgan fingerprint density at radius 1 is 1.31 bits per heavy atom. The molecular formula is C11H18O2. The maximum atomic E-state index is 10.6. The predicted octanol–water partition coefficient (Wildman–Crippen LogP) is 2.85. The summed E-state index contributed by atoms with van der Waals surface area (Å²) >= 11 is 0. The molecule has 0 aromatic carbocycles. The summed E-state index contributed by atoms with van der Waals surface area (Å²) in [4.78, 5) is 10.6. The Kier molecular flexibility index (Phi) is 8.31. The second-order valence-electron chi connectivity index (χ2n) is 2.85. The summed E-state index contributed by atoms with van der Waals surface area (Å²) in [5.41, 5.74) is 0. The molecule has 0 aromatic heterocycles. The van der Waals surface area contributed by atoms with E-state index in [9.17, 15) is 4.79 Å². The molecule has 0 aliphatic rings. The van der Waals surface area contributed by atoms with Crippen LogP contribution in [0.4, 0.5) is 0 Å². The molecule has 0 spiro atoms. The van der Waals surface area contributed by atoms with Crippen LogP contribution < -0.4 is 0 Å². The number of hydrogen-bond acceptors (Lipinski definition) is 2. The van der Waals surface area contributed by atoms with Gasteiger partial charge in [0.25, 0.3) is 0 Å².